The summed E-state index contributed by atoms with van der Waals surface area (Å²) in [6.45, 7) is -0.238. The predicted octanol–water partition coefficient (Wildman–Crippen LogP) is 2.02. The van der Waals surface area contributed by atoms with Gasteiger partial charge in [-0.05, 0) is 12.0 Å². The number of aromatic nitrogens is 2. The van der Waals surface area contributed by atoms with Crippen LogP contribution in [0.15, 0.2) is 36.5 Å². The van der Waals surface area contributed by atoms with E-state index in [1.807, 2.05) is 30.3 Å². The number of hydrogen-bond donors (Lipinski definition) is 1. The van der Waals surface area contributed by atoms with E-state index in [0.29, 0.717) is 6.42 Å². The fourth-order valence-electron chi connectivity index (χ4n) is 2.02. The number of nitrogens with one attached hydrogen (secondary N) is 1. The van der Waals surface area contributed by atoms with Crippen LogP contribution in [0, 0.1) is 0 Å². The molecule has 2 rings (SSSR count). The summed E-state index contributed by atoms with van der Waals surface area (Å²) >= 11 is 0. The molecule has 0 aliphatic carbocycles. The maximum atomic E-state index is 12.8. The molecule has 0 amide bonds. The van der Waals surface area contributed by atoms with Crippen LogP contribution in [0.4, 0.5) is 8.78 Å². The molecule has 5 nitrogen and oxygen atoms in total. The van der Waals surface area contributed by atoms with Gasteiger partial charge in [0.05, 0.1) is 23.6 Å². The van der Waals surface area contributed by atoms with Crippen LogP contribution in [-0.4, -0.2) is 24.0 Å². The normalized spacial score (nSPS) is 12.0. The SMILES string of the molecule is Cn1cc(C(F)F)c(CNS(=O)(=O)CCc2ccccc2)n1. The zero-order valence-corrected chi connectivity index (χ0v) is 12.9. The van der Waals surface area contributed by atoms with Gasteiger partial charge in [0.15, 0.2) is 0 Å². The van der Waals surface area contributed by atoms with E-state index in [0.717, 1.165) is 5.56 Å². The van der Waals surface area contributed by atoms with Gasteiger partial charge in [0.1, 0.15) is 0 Å². The molecule has 0 spiro atoms. The van der Waals surface area contributed by atoms with E-state index in [9.17, 15) is 17.2 Å². The Labute approximate surface area is 128 Å². The lowest BCUT2D eigenvalue weighted by Gasteiger charge is -2.06. The minimum Gasteiger partial charge on any atom is -0.275 e. The Morgan fingerprint density at radius 1 is 1.27 bits per heavy atom. The van der Waals surface area contributed by atoms with Crippen LogP contribution in [-0.2, 0) is 30.0 Å². The molecule has 1 N–H and O–H groups in total. The van der Waals surface area contributed by atoms with Gasteiger partial charge in [-0.1, -0.05) is 30.3 Å². The summed E-state index contributed by atoms with van der Waals surface area (Å²) in [5.41, 5.74) is 0.688. The Balaban J connectivity index is 1.95. The van der Waals surface area contributed by atoms with Crippen LogP contribution in [0.25, 0.3) is 0 Å². The number of aryl methyl sites for hydroxylation is 2. The molecule has 1 aromatic heterocycles. The molecular formula is C14H17F2N3O2S. The fraction of sp³-hybridized carbons (Fsp3) is 0.357. The smallest absolute Gasteiger partial charge is 0.267 e. The average molecular weight is 329 g/mol. The van der Waals surface area contributed by atoms with E-state index in [1.54, 1.807) is 0 Å². The van der Waals surface area contributed by atoms with Gasteiger partial charge in [0.25, 0.3) is 6.43 Å². The van der Waals surface area contributed by atoms with Gasteiger partial charge < -0.3 is 0 Å². The van der Waals surface area contributed by atoms with Gasteiger partial charge in [-0.25, -0.2) is 21.9 Å². The third kappa shape index (κ3) is 4.60. The molecule has 0 aliphatic heterocycles. The van der Waals surface area contributed by atoms with Crippen LogP contribution in [0.3, 0.4) is 0 Å². The zero-order valence-electron chi connectivity index (χ0n) is 12.0. The van der Waals surface area contributed by atoms with Gasteiger partial charge >= 0.3 is 0 Å². The summed E-state index contributed by atoms with van der Waals surface area (Å²) in [5.74, 6) is -0.103. The van der Waals surface area contributed by atoms with E-state index in [-0.39, 0.29) is 23.6 Å². The standard InChI is InChI=1S/C14H17F2N3O2S/c1-19-10-12(14(15)16)13(18-19)9-17-22(20,21)8-7-11-5-3-2-4-6-11/h2-6,10,14,17H,7-9H2,1H3. The van der Waals surface area contributed by atoms with Crippen LogP contribution in [0.1, 0.15) is 23.2 Å². The van der Waals surface area contributed by atoms with Crippen molar-refractivity contribution in [1.82, 2.24) is 14.5 Å². The van der Waals surface area contributed by atoms with Crippen molar-refractivity contribution in [1.29, 1.82) is 0 Å². The first-order valence-corrected chi connectivity index (χ1v) is 8.34. The number of alkyl halides is 2. The van der Waals surface area contributed by atoms with Crippen molar-refractivity contribution >= 4 is 10.0 Å². The summed E-state index contributed by atoms with van der Waals surface area (Å²) in [6.07, 6.45) is -1.13. The molecule has 0 aliphatic rings. The maximum Gasteiger partial charge on any atom is 0.267 e. The van der Waals surface area contributed by atoms with Crippen LogP contribution < -0.4 is 4.72 Å². The van der Waals surface area contributed by atoms with Crippen molar-refractivity contribution in [3.63, 3.8) is 0 Å². The Kier molecular flexibility index (Phi) is 5.25. The molecule has 0 unspecified atom stereocenters. The lowest BCUT2D eigenvalue weighted by Crippen LogP contribution is -2.27. The van der Waals surface area contributed by atoms with Gasteiger partial charge in [-0.15, -0.1) is 0 Å². The zero-order chi connectivity index (χ0) is 16.2. The number of hydrogen-bond acceptors (Lipinski definition) is 3. The van der Waals surface area contributed by atoms with Crippen LogP contribution in [0.2, 0.25) is 0 Å². The summed E-state index contributed by atoms with van der Waals surface area (Å²) in [6, 6.07) is 9.19. The molecule has 0 bridgehead atoms. The second-order valence-electron chi connectivity index (χ2n) is 4.88. The van der Waals surface area contributed by atoms with Crippen molar-refractivity contribution < 1.29 is 17.2 Å². The Bertz CT molecular complexity index is 715. The molecular weight excluding hydrogens is 312 g/mol. The molecule has 0 saturated carbocycles. The molecule has 120 valence electrons. The van der Waals surface area contributed by atoms with Gasteiger partial charge in [0, 0.05) is 13.2 Å². The molecule has 8 heteroatoms. The minimum absolute atomic E-state index is 0.0424. The van der Waals surface area contributed by atoms with Crippen LogP contribution in [0.5, 0.6) is 0 Å². The quantitative estimate of drug-likeness (QED) is 0.845. The molecule has 1 aromatic carbocycles. The largest absolute Gasteiger partial charge is 0.275 e. The molecule has 22 heavy (non-hydrogen) atoms. The van der Waals surface area contributed by atoms with E-state index in [2.05, 4.69) is 9.82 Å². The van der Waals surface area contributed by atoms with Gasteiger partial charge in [-0.2, -0.15) is 5.10 Å². The first-order valence-electron chi connectivity index (χ1n) is 6.69. The summed E-state index contributed by atoms with van der Waals surface area (Å²) < 4.78 is 53.0. The number of nitrogens with zero attached hydrogens (tertiary/aromatic N) is 2. The highest BCUT2D eigenvalue weighted by Crippen LogP contribution is 2.21. The number of halogens is 2. The lowest BCUT2D eigenvalue weighted by molar-refractivity contribution is 0.150. The van der Waals surface area contributed by atoms with Gasteiger partial charge in [-0.3, -0.25) is 4.68 Å². The van der Waals surface area contributed by atoms with Crippen molar-refractivity contribution in [3.8, 4) is 0 Å². The number of rotatable bonds is 7. The van der Waals surface area contributed by atoms with Crippen molar-refractivity contribution in [2.24, 2.45) is 7.05 Å². The second-order valence-corrected chi connectivity index (χ2v) is 6.81. The fourth-order valence-corrected chi connectivity index (χ4v) is 3.03. The van der Waals surface area contributed by atoms with Crippen molar-refractivity contribution in [2.45, 2.75) is 19.4 Å². The Morgan fingerprint density at radius 3 is 2.59 bits per heavy atom. The summed E-state index contributed by atoms with van der Waals surface area (Å²) in [5, 5.41) is 3.86. The maximum absolute atomic E-state index is 12.8. The molecule has 0 fully saturated rings. The Hall–Kier alpha value is -1.80. The molecule has 1 heterocycles. The van der Waals surface area contributed by atoms with E-state index >= 15 is 0 Å². The highest BCUT2D eigenvalue weighted by Gasteiger charge is 2.19. The third-order valence-electron chi connectivity index (χ3n) is 3.13. The molecule has 0 atom stereocenters. The molecule has 0 saturated heterocycles. The summed E-state index contributed by atoms with van der Waals surface area (Å²) in [4.78, 5) is 0. The van der Waals surface area contributed by atoms with E-state index < -0.39 is 16.4 Å². The van der Waals surface area contributed by atoms with E-state index in [1.165, 1.54) is 17.9 Å². The second kappa shape index (κ2) is 6.97. The minimum atomic E-state index is -3.56. The van der Waals surface area contributed by atoms with E-state index in [4.69, 9.17) is 0 Å². The highest BCUT2D eigenvalue weighted by atomic mass is 32.2. The number of benzene rings is 1. The van der Waals surface area contributed by atoms with Crippen molar-refractivity contribution in [2.75, 3.05) is 5.75 Å². The average Bonchev–Trinajstić information content (AvgIpc) is 2.86. The Morgan fingerprint density at radius 2 is 1.95 bits per heavy atom. The lowest BCUT2D eigenvalue weighted by atomic mass is 10.2. The molecule has 2 aromatic rings. The topological polar surface area (TPSA) is 64.0 Å². The monoisotopic (exact) mass is 329 g/mol. The third-order valence-corrected chi connectivity index (χ3v) is 4.46. The number of sulfonamides is 1. The summed E-state index contributed by atoms with van der Waals surface area (Å²) in [7, 11) is -2.04. The first-order chi connectivity index (χ1) is 10.4. The predicted molar refractivity (Wildman–Crippen MR) is 78.9 cm³/mol. The molecule has 0 radical (unpaired) electrons. The highest BCUT2D eigenvalue weighted by molar-refractivity contribution is 7.89. The van der Waals surface area contributed by atoms with Gasteiger partial charge in [0.2, 0.25) is 10.0 Å². The first kappa shape index (κ1) is 16.6. The van der Waals surface area contributed by atoms with Crippen molar-refractivity contribution in [3.05, 3.63) is 53.3 Å². The van der Waals surface area contributed by atoms with Crippen LogP contribution >= 0.6 is 0 Å².